The molecule has 0 spiro atoms. The molecule has 0 radical (unpaired) electrons. The summed E-state index contributed by atoms with van der Waals surface area (Å²) in [6, 6.07) is 16.7. The maximum absolute atomic E-state index is 13.6. The van der Waals surface area contributed by atoms with Gasteiger partial charge in [-0.05, 0) is 36.4 Å². The molecule has 3 aromatic rings. The van der Waals surface area contributed by atoms with Crippen molar-refractivity contribution in [2.24, 2.45) is 0 Å². The second-order valence-electron chi connectivity index (χ2n) is 5.18. The highest BCUT2D eigenvalue weighted by Gasteiger charge is 2.26. The van der Waals surface area contributed by atoms with Gasteiger partial charge in [0, 0.05) is 0 Å². The molecule has 3 rings (SSSR count). The van der Waals surface area contributed by atoms with Crippen LogP contribution in [0.2, 0.25) is 0 Å². The summed E-state index contributed by atoms with van der Waals surface area (Å²) in [5.74, 6) is -9.63. The molecule has 0 fully saturated rings. The van der Waals surface area contributed by atoms with Crippen molar-refractivity contribution in [2.75, 3.05) is 0 Å². The second kappa shape index (κ2) is 8.03. The van der Waals surface area contributed by atoms with E-state index < -0.39 is 41.3 Å². The lowest BCUT2D eigenvalue weighted by Crippen LogP contribution is -3.61. The molecule has 0 saturated carbocycles. The van der Waals surface area contributed by atoms with Crippen molar-refractivity contribution in [3.05, 3.63) is 96.4 Å². The van der Waals surface area contributed by atoms with Crippen LogP contribution in [-0.4, -0.2) is 0 Å². The van der Waals surface area contributed by atoms with Crippen LogP contribution in [0.4, 0.5) is 22.0 Å². The van der Waals surface area contributed by atoms with Crippen molar-refractivity contribution in [3.8, 4) is 5.75 Å². The highest BCUT2D eigenvalue weighted by atomic mass is 127. The monoisotopic (exact) mass is 477 g/mol. The minimum atomic E-state index is -2.18. The SMILES string of the molecule is Fc1c(F)c(F)c(COc2ccc([I+]c3ccccc3)cc2)c(F)c1F. The van der Waals surface area contributed by atoms with Crippen molar-refractivity contribution in [1.29, 1.82) is 0 Å². The van der Waals surface area contributed by atoms with Gasteiger partial charge >= 0.3 is 21.2 Å². The van der Waals surface area contributed by atoms with E-state index >= 15 is 0 Å². The number of halogens is 6. The van der Waals surface area contributed by atoms with Crippen LogP contribution in [-0.2, 0) is 6.61 Å². The summed E-state index contributed by atoms with van der Waals surface area (Å²) in [4.78, 5) is 0. The van der Waals surface area contributed by atoms with Crippen LogP contribution >= 0.6 is 0 Å². The Morgan fingerprint density at radius 2 is 1.12 bits per heavy atom. The summed E-state index contributed by atoms with van der Waals surface area (Å²) in [6.45, 7) is -0.765. The van der Waals surface area contributed by atoms with Crippen molar-refractivity contribution >= 4 is 0 Å². The molecule has 0 aliphatic heterocycles. The molecule has 0 aliphatic rings. The molecule has 0 bridgehead atoms. The lowest BCUT2D eigenvalue weighted by atomic mass is 10.2. The molecule has 0 saturated heterocycles. The van der Waals surface area contributed by atoms with Gasteiger partial charge in [-0.2, -0.15) is 0 Å². The summed E-state index contributed by atoms with van der Waals surface area (Å²) < 4.78 is 74.1. The Kier molecular flexibility index (Phi) is 5.75. The fourth-order valence-corrected chi connectivity index (χ4v) is 4.34. The van der Waals surface area contributed by atoms with Crippen molar-refractivity contribution in [2.45, 2.75) is 6.61 Å². The third-order valence-electron chi connectivity index (χ3n) is 3.45. The molecule has 134 valence electrons. The first-order valence-corrected chi connectivity index (χ1v) is 9.56. The van der Waals surface area contributed by atoms with Crippen LogP contribution in [0.15, 0.2) is 54.6 Å². The Hall–Kier alpha value is -2.16. The standard InChI is InChI=1S/C19H11F5IO/c20-15-14(16(21)18(23)19(24)17(15)22)10-26-13-8-6-12(7-9-13)25-11-4-2-1-3-5-11/h1-9H,10H2/q+1. The smallest absolute Gasteiger partial charge is 0.357 e. The van der Waals surface area contributed by atoms with E-state index in [0.29, 0.717) is 0 Å². The number of ether oxygens (including phenoxy) is 1. The minimum absolute atomic E-state index is 0.273. The molecule has 7 heteroatoms. The van der Waals surface area contributed by atoms with Gasteiger partial charge in [0.15, 0.2) is 30.4 Å². The maximum atomic E-state index is 13.6. The first kappa shape index (κ1) is 18.6. The summed E-state index contributed by atoms with van der Waals surface area (Å²) >= 11 is -0.378. The average molecular weight is 477 g/mol. The number of hydrogen-bond acceptors (Lipinski definition) is 1. The number of benzene rings is 3. The van der Waals surface area contributed by atoms with Gasteiger partial charge in [0.2, 0.25) is 5.82 Å². The summed E-state index contributed by atoms with van der Waals surface area (Å²) in [6.07, 6.45) is 0. The average Bonchev–Trinajstić information content (AvgIpc) is 2.67. The van der Waals surface area contributed by atoms with Gasteiger partial charge in [-0.15, -0.1) is 0 Å². The highest BCUT2D eigenvalue weighted by molar-refractivity contribution is 5.26. The molecule has 0 N–H and O–H groups in total. The summed E-state index contributed by atoms with van der Waals surface area (Å²) in [5.41, 5.74) is -0.998. The Bertz CT molecular complexity index is 884. The Morgan fingerprint density at radius 1 is 0.615 bits per heavy atom. The molecule has 0 aromatic heterocycles. The van der Waals surface area contributed by atoms with Gasteiger partial charge in [0.05, 0.1) is 5.56 Å². The van der Waals surface area contributed by atoms with E-state index in [9.17, 15) is 22.0 Å². The Balaban J connectivity index is 1.71. The zero-order chi connectivity index (χ0) is 18.7. The Labute approximate surface area is 156 Å². The minimum Gasteiger partial charge on any atom is -0.489 e. The predicted octanol–water partition coefficient (Wildman–Crippen LogP) is 2.09. The maximum Gasteiger partial charge on any atom is 0.357 e. The van der Waals surface area contributed by atoms with Crippen molar-refractivity contribution < 1.29 is 47.9 Å². The van der Waals surface area contributed by atoms with E-state index in [4.69, 9.17) is 4.74 Å². The molecule has 3 aromatic carbocycles. The van der Waals surface area contributed by atoms with E-state index in [1.165, 1.54) is 3.57 Å². The topological polar surface area (TPSA) is 9.23 Å². The highest BCUT2D eigenvalue weighted by Crippen LogP contribution is 2.24. The van der Waals surface area contributed by atoms with Crippen LogP contribution in [0.5, 0.6) is 5.75 Å². The molecule has 0 heterocycles. The van der Waals surface area contributed by atoms with E-state index in [1.807, 2.05) is 42.5 Å². The second-order valence-corrected chi connectivity index (χ2v) is 8.21. The normalized spacial score (nSPS) is 10.8. The molecule has 1 nitrogen and oxygen atoms in total. The van der Waals surface area contributed by atoms with Gasteiger partial charge in [-0.3, -0.25) is 0 Å². The molecule has 0 aliphatic carbocycles. The third-order valence-corrected chi connectivity index (χ3v) is 6.13. The first-order valence-electron chi connectivity index (χ1n) is 7.40. The van der Waals surface area contributed by atoms with Gasteiger partial charge in [0.25, 0.3) is 0 Å². The van der Waals surface area contributed by atoms with Gasteiger partial charge in [-0.1, -0.05) is 18.2 Å². The third kappa shape index (κ3) is 3.98. The largest absolute Gasteiger partial charge is 0.489 e. The number of rotatable bonds is 5. The predicted molar refractivity (Wildman–Crippen MR) is 80.8 cm³/mol. The zero-order valence-electron chi connectivity index (χ0n) is 13.1. The first-order chi connectivity index (χ1) is 12.5. The fraction of sp³-hybridized carbons (Fsp3) is 0.0526. The van der Waals surface area contributed by atoms with Crippen LogP contribution in [0.25, 0.3) is 0 Å². The molecule has 0 amide bonds. The van der Waals surface area contributed by atoms with E-state index in [-0.39, 0.29) is 27.0 Å². The molecule has 0 unspecified atom stereocenters. The fourth-order valence-electron chi connectivity index (χ4n) is 2.13. The summed E-state index contributed by atoms with van der Waals surface area (Å²) in [5, 5.41) is 0. The van der Waals surface area contributed by atoms with Gasteiger partial charge < -0.3 is 4.74 Å². The van der Waals surface area contributed by atoms with Crippen molar-refractivity contribution in [3.63, 3.8) is 0 Å². The lowest BCUT2D eigenvalue weighted by Gasteiger charge is -2.09. The molecular formula is C19H11F5IO+. The van der Waals surface area contributed by atoms with Crippen LogP contribution in [0.1, 0.15) is 5.56 Å². The van der Waals surface area contributed by atoms with Crippen molar-refractivity contribution in [1.82, 2.24) is 0 Å². The van der Waals surface area contributed by atoms with Crippen LogP contribution < -0.4 is 25.9 Å². The van der Waals surface area contributed by atoms with Crippen LogP contribution in [0, 0.1) is 36.2 Å². The van der Waals surface area contributed by atoms with Crippen LogP contribution in [0.3, 0.4) is 0 Å². The quantitative estimate of drug-likeness (QED) is 0.237. The number of hydrogen-bond donors (Lipinski definition) is 0. The Morgan fingerprint density at radius 3 is 1.69 bits per heavy atom. The van der Waals surface area contributed by atoms with E-state index in [0.717, 1.165) is 3.57 Å². The van der Waals surface area contributed by atoms with E-state index in [1.54, 1.807) is 12.1 Å². The molecule has 26 heavy (non-hydrogen) atoms. The van der Waals surface area contributed by atoms with Gasteiger partial charge in [-0.25, -0.2) is 22.0 Å². The van der Waals surface area contributed by atoms with Gasteiger partial charge in [0.1, 0.15) is 12.4 Å². The zero-order valence-corrected chi connectivity index (χ0v) is 15.2. The van der Waals surface area contributed by atoms with E-state index in [2.05, 4.69) is 0 Å². The summed E-state index contributed by atoms with van der Waals surface area (Å²) in [7, 11) is 0. The molecular weight excluding hydrogens is 466 g/mol. The lowest BCUT2D eigenvalue weighted by molar-refractivity contribution is -0.597. The molecule has 0 atom stereocenters.